The molecule has 1 heterocycles. The predicted molar refractivity (Wildman–Crippen MR) is 147 cm³/mol. The molecule has 1 unspecified atom stereocenters. The van der Waals surface area contributed by atoms with Gasteiger partial charge in [-0.1, -0.05) is 72.3 Å². The molecule has 1 aliphatic heterocycles. The molecule has 0 saturated heterocycles. The van der Waals surface area contributed by atoms with E-state index in [9.17, 15) is 4.79 Å². The zero-order chi connectivity index (χ0) is 24.2. The molecule has 0 spiro atoms. The van der Waals surface area contributed by atoms with Crippen LogP contribution in [0.1, 0.15) is 33.5 Å². The molecule has 3 aromatic carbocycles. The first-order valence-corrected chi connectivity index (χ1v) is 12.5. The topological polar surface area (TPSA) is 29.1 Å². The highest BCUT2D eigenvalue weighted by molar-refractivity contribution is 6.30. The van der Waals surface area contributed by atoms with Gasteiger partial charge in [0.05, 0.1) is 0 Å². The van der Waals surface area contributed by atoms with E-state index in [2.05, 4.69) is 53.9 Å². The molecule has 35 heavy (non-hydrogen) atoms. The molecule has 6 rings (SSSR count). The summed E-state index contributed by atoms with van der Waals surface area (Å²) in [6, 6.07) is 18.7. The number of nitrogens with one attached hydrogen (secondary N) is 1. The molecule has 3 heteroatoms. The van der Waals surface area contributed by atoms with Gasteiger partial charge in [-0.2, -0.15) is 0 Å². The lowest BCUT2D eigenvalue weighted by Crippen LogP contribution is -2.37. The van der Waals surface area contributed by atoms with Crippen molar-refractivity contribution in [2.24, 2.45) is 5.92 Å². The largest absolute Gasteiger partial charge is 0.368 e. The summed E-state index contributed by atoms with van der Waals surface area (Å²) in [6.07, 6.45) is 18.9. The first-order chi connectivity index (χ1) is 17.1. The lowest BCUT2D eigenvalue weighted by atomic mass is 9.82. The molecule has 0 amide bonds. The maximum Gasteiger partial charge on any atom is 0.170 e. The van der Waals surface area contributed by atoms with Crippen molar-refractivity contribution in [2.75, 3.05) is 0 Å². The first-order valence-electron chi connectivity index (χ1n) is 12.1. The molecule has 174 valence electrons. The Morgan fingerprint density at radius 3 is 2.49 bits per heavy atom. The van der Waals surface area contributed by atoms with Crippen LogP contribution in [0.15, 0.2) is 91.3 Å². The van der Waals surface area contributed by atoms with Gasteiger partial charge in [0, 0.05) is 28.9 Å². The van der Waals surface area contributed by atoms with Crippen LogP contribution >= 0.6 is 11.6 Å². The van der Waals surface area contributed by atoms with Crippen molar-refractivity contribution in [3.05, 3.63) is 129 Å². The van der Waals surface area contributed by atoms with Crippen LogP contribution in [-0.2, 0) is 12.8 Å². The molecule has 0 saturated carbocycles. The van der Waals surface area contributed by atoms with E-state index < -0.39 is 0 Å². The van der Waals surface area contributed by atoms with Gasteiger partial charge in [-0.15, -0.1) is 0 Å². The molecule has 0 aromatic heterocycles. The van der Waals surface area contributed by atoms with Crippen LogP contribution in [0.25, 0.3) is 23.3 Å². The number of benzene rings is 3. The number of halogens is 1. The zero-order valence-electron chi connectivity index (χ0n) is 19.8. The average Bonchev–Trinajstić information content (AvgIpc) is 3.21. The second-order valence-corrected chi connectivity index (χ2v) is 9.51. The number of Topliss-reactive ketones (excluding diaryl/α,β-unsaturated/α-hetero) is 1. The lowest BCUT2D eigenvalue weighted by molar-refractivity contribution is 0.0946. The monoisotopic (exact) mass is 477 g/mol. The Kier molecular flexibility index (Phi) is 6.83. The standard InChI is InChI=1S/C26H21ClO.C6H7N/c1-16-14-20(27)10-13-21(16)26(28)19-7-6-18-9-11-23-22-5-3-2-4-17(22)8-12-24(23)25(18)15-19;1-2-4-6-7-5-3-1/h2-5,9-15,19H,6-8H2,1H3;1-7H. The van der Waals surface area contributed by atoms with Crippen LogP contribution in [0.3, 0.4) is 0 Å². The zero-order valence-corrected chi connectivity index (χ0v) is 20.6. The van der Waals surface area contributed by atoms with E-state index in [0.29, 0.717) is 5.02 Å². The Morgan fingerprint density at radius 2 is 1.69 bits per heavy atom. The molecular formula is C32H28ClNO. The Labute approximate surface area is 211 Å². The third-order valence-electron chi connectivity index (χ3n) is 6.81. The summed E-state index contributed by atoms with van der Waals surface area (Å²) >= 11 is 6.07. The molecule has 3 aliphatic rings. The molecule has 0 radical (unpaired) electrons. The Balaban J connectivity index is 0.000000313. The van der Waals surface area contributed by atoms with E-state index in [1.807, 2.05) is 61.8 Å². The second kappa shape index (κ2) is 10.3. The highest BCUT2D eigenvalue weighted by Crippen LogP contribution is 2.27. The highest BCUT2D eigenvalue weighted by Gasteiger charge is 2.24. The van der Waals surface area contributed by atoms with E-state index >= 15 is 0 Å². The fraction of sp³-hybridized carbons (Fsp3) is 0.156. The summed E-state index contributed by atoms with van der Waals surface area (Å²) in [5, 5.41) is 6.15. The Hall–Kier alpha value is -3.62. The van der Waals surface area contributed by atoms with Crippen LogP contribution in [-0.4, -0.2) is 5.78 Å². The summed E-state index contributed by atoms with van der Waals surface area (Å²) in [5.41, 5.74) is 7.06. The van der Waals surface area contributed by atoms with Gasteiger partial charge in [-0.3, -0.25) is 4.79 Å². The fourth-order valence-corrected chi connectivity index (χ4v) is 5.26. The van der Waals surface area contributed by atoms with Crippen LogP contribution in [0.5, 0.6) is 0 Å². The van der Waals surface area contributed by atoms with Gasteiger partial charge in [0.25, 0.3) is 0 Å². The molecule has 1 N–H and O–H groups in total. The summed E-state index contributed by atoms with van der Waals surface area (Å²) in [5.74, 6) is 0.123. The van der Waals surface area contributed by atoms with Crippen LogP contribution < -0.4 is 15.8 Å². The molecule has 1 atom stereocenters. The maximum absolute atomic E-state index is 13.2. The average molecular weight is 478 g/mol. The highest BCUT2D eigenvalue weighted by atomic mass is 35.5. The molecule has 0 fully saturated rings. The van der Waals surface area contributed by atoms with E-state index in [4.69, 9.17) is 11.6 Å². The number of carbonyl (C=O) groups excluding carboxylic acids is 1. The van der Waals surface area contributed by atoms with Gasteiger partial charge >= 0.3 is 0 Å². The van der Waals surface area contributed by atoms with Gasteiger partial charge < -0.3 is 5.32 Å². The minimum Gasteiger partial charge on any atom is -0.368 e. The molecule has 2 aliphatic carbocycles. The number of ketones is 1. The van der Waals surface area contributed by atoms with Crippen LogP contribution in [0.4, 0.5) is 0 Å². The quantitative estimate of drug-likeness (QED) is 0.455. The van der Waals surface area contributed by atoms with Crippen molar-refractivity contribution >= 4 is 29.5 Å². The number of hydrogen-bond donors (Lipinski definition) is 1. The van der Waals surface area contributed by atoms with Gasteiger partial charge in [-0.05, 0) is 94.8 Å². The molecule has 2 nitrogen and oxygen atoms in total. The smallest absolute Gasteiger partial charge is 0.170 e. The minimum atomic E-state index is -0.0792. The third kappa shape index (κ3) is 4.94. The first kappa shape index (κ1) is 23.1. The number of carbonyl (C=O) groups is 1. The number of fused-ring (bicyclic) bond motifs is 5. The maximum atomic E-state index is 13.2. The number of rotatable bonds is 2. The molecule has 3 aromatic rings. The molecular weight excluding hydrogens is 450 g/mol. The van der Waals surface area contributed by atoms with Crippen LogP contribution in [0, 0.1) is 12.8 Å². The lowest BCUT2D eigenvalue weighted by Gasteiger charge is -2.22. The van der Waals surface area contributed by atoms with E-state index in [1.54, 1.807) is 0 Å². The van der Waals surface area contributed by atoms with Crippen molar-refractivity contribution in [1.29, 1.82) is 0 Å². The normalized spacial score (nSPS) is 16.7. The van der Waals surface area contributed by atoms with E-state index in [-0.39, 0.29) is 11.7 Å². The van der Waals surface area contributed by atoms with Gasteiger partial charge in [0.15, 0.2) is 5.78 Å². The summed E-state index contributed by atoms with van der Waals surface area (Å²) in [7, 11) is 0. The van der Waals surface area contributed by atoms with Gasteiger partial charge in [0.2, 0.25) is 0 Å². The Bertz CT molecular complexity index is 1480. The van der Waals surface area contributed by atoms with Crippen molar-refractivity contribution in [1.82, 2.24) is 5.32 Å². The van der Waals surface area contributed by atoms with Crippen molar-refractivity contribution in [2.45, 2.75) is 26.2 Å². The summed E-state index contributed by atoms with van der Waals surface area (Å²) < 4.78 is 0. The SMILES string of the molecule is C1=CC=CNC=C1.Cc1cc(Cl)ccc1C(=O)C1C=c2c(ccc3c2=CCc2ccccc2-3)CC1. The predicted octanol–water partition coefficient (Wildman–Crippen LogP) is 6.05. The van der Waals surface area contributed by atoms with Gasteiger partial charge in [-0.25, -0.2) is 0 Å². The van der Waals surface area contributed by atoms with E-state index in [1.165, 1.54) is 32.7 Å². The third-order valence-corrected chi connectivity index (χ3v) is 7.05. The van der Waals surface area contributed by atoms with Gasteiger partial charge in [0.1, 0.15) is 0 Å². The second-order valence-electron chi connectivity index (χ2n) is 9.07. The van der Waals surface area contributed by atoms with Crippen LogP contribution in [0.2, 0.25) is 5.02 Å². The summed E-state index contributed by atoms with van der Waals surface area (Å²) in [6.45, 7) is 1.96. The van der Waals surface area contributed by atoms with E-state index in [0.717, 1.165) is 30.4 Å². The number of hydrogen-bond acceptors (Lipinski definition) is 2. The van der Waals surface area contributed by atoms with Crippen molar-refractivity contribution in [3.8, 4) is 11.1 Å². The van der Waals surface area contributed by atoms with Crippen molar-refractivity contribution < 1.29 is 4.79 Å². The summed E-state index contributed by atoms with van der Waals surface area (Å²) in [4.78, 5) is 13.2. The number of aryl methyl sites for hydroxylation is 2. The molecule has 0 bridgehead atoms. The fourth-order valence-electron chi connectivity index (χ4n) is 5.04. The minimum absolute atomic E-state index is 0.0792. The van der Waals surface area contributed by atoms with Crippen molar-refractivity contribution in [3.63, 3.8) is 0 Å². The number of allylic oxidation sites excluding steroid dienone is 4. The Morgan fingerprint density at radius 1 is 0.886 bits per heavy atom.